The molecular weight excluding hydrogens is 190 g/mol. The van der Waals surface area contributed by atoms with E-state index >= 15 is 0 Å². The van der Waals surface area contributed by atoms with Crippen LogP contribution >= 0.6 is 0 Å². The van der Waals surface area contributed by atoms with Crippen molar-refractivity contribution < 1.29 is 4.79 Å². The summed E-state index contributed by atoms with van der Waals surface area (Å²) in [6.07, 6.45) is 8.16. The summed E-state index contributed by atoms with van der Waals surface area (Å²) >= 11 is 0. The highest BCUT2D eigenvalue weighted by atomic mass is 16.2. The van der Waals surface area contributed by atoms with Gasteiger partial charge in [0, 0.05) is 11.6 Å². The molecule has 4 heteroatoms. The third-order valence-corrected chi connectivity index (χ3v) is 4.10. The zero-order valence-electron chi connectivity index (χ0n) is 8.52. The first-order chi connectivity index (χ1) is 7.25. The predicted octanol–water partition coefficient (Wildman–Crippen LogP) is 1.24. The number of nitrogens with two attached hydrogens (primary N) is 1. The van der Waals surface area contributed by atoms with Crippen molar-refractivity contribution in [1.82, 2.24) is 5.43 Å². The fraction of sp³-hybridized carbons (Fsp3) is 0.636. The van der Waals surface area contributed by atoms with Crippen LogP contribution in [-0.4, -0.2) is 11.7 Å². The van der Waals surface area contributed by atoms with Crippen LogP contribution in [0.2, 0.25) is 0 Å². The van der Waals surface area contributed by atoms with E-state index < -0.39 is 6.03 Å². The minimum absolute atomic E-state index is 0.561. The Morgan fingerprint density at radius 2 is 2.47 bits per heavy atom. The number of hydrogen-bond donors (Lipinski definition) is 2. The van der Waals surface area contributed by atoms with Gasteiger partial charge >= 0.3 is 6.03 Å². The molecule has 3 aliphatic carbocycles. The Balaban J connectivity index is 1.78. The van der Waals surface area contributed by atoms with Gasteiger partial charge in [0.25, 0.3) is 0 Å². The third kappa shape index (κ3) is 1.28. The van der Waals surface area contributed by atoms with Gasteiger partial charge in [-0.15, -0.1) is 0 Å². The summed E-state index contributed by atoms with van der Waals surface area (Å²) in [6, 6.07) is -0.566. The van der Waals surface area contributed by atoms with Crippen LogP contribution in [0.15, 0.2) is 17.3 Å². The molecule has 4 nitrogen and oxygen atoms in total. The molecule has 0 aromatic heterocycles. The Morgan fingerprint density at radius 3 is 3.27 bits per heavy atom. The summed E-state index contributed by atoms with van der Waals surface area (Å²) in [5.41, 5.74) is 8.50. The number of carbonyl (C=O) groups excluding carboxylic acids is 1. The summed E-state index contributed by atoms with van der Waals surface area (Å²) in [5, 5.41) is 4.12. The molecule has 0 saturated heterocycles. The largest absolute Gasteiger partial charge is 0.350 e. The van der Waals surface area contributed by atoms with Crippen LogP contribution in [0.5, 0.6) is 0 Å². The lowest BCUT2D eigenvalue weighted by atomic mass is 9.80. The van der Waals surface area contributed by atoms with E-state index in [0.717, 1.165) is 24.0 Å². The van der Waals surface area contributed by atoms with Gasteiger partial charge in [0.2, 0.25) is 0 Å². The summed E-state index contributed by atoms with van der Waals surface area (Å²) in [7, 11) is 0. The van der Waals surface area contributed by atoms with Crippen LogP contribution < -0.4 is 11.2 Å². The molecule has 3 aliphatic rings. The number of nitrogens with zero attached hydrogens (tertiary/aromatic N) is 1. The van der Waals surface area contributed by atoms with E-state index in [9.17, 15) is 4.79 Å². The summed E-state index contributed by atoms with van der Waals surface area (Å²) in [6.45, 7) is 0. The van der Waals surface area contributed by atoms with Gasteiger partial charge < -0.3 is 5.73 Å². The van der Waals surface area contributed by atoms with Crippen LogP contribution in [-0.2, 0) is 0 Å². The van der Waals surface area contributed by atoms with E-state index in [2.05, 4.69) is 22.7 Å². The van der Waals surface area contributed by atoms with Crippen LogP contribution in [0, 0.1) is 23.7 Å². The first kappa shape index (κ1) is 8.95. The number of primary amides is 1. The van der Waals surface area contributed by atoms with Gasteiger partial charge in [-0.2, -0.15) is 5.10 Å². The molecule has 3 rings (SSSR count). The number of rotatable bonds is 1. The molecule has 3 N–H and O–H groups in total. The van der Waals surface area contributed by atoms with Crippen LogP contribution in [0.1, 0.15) is 19.3 Å². The number of hydrazone groups is 1. The SMILES string of the molecule is NC(=O)N/N=C1\CC2CC1C1C=CCC21. The maximum absolute atomic E-state index is 10.6. The van der Waals surface area contributed by atoms with Crippen molar-refractivity contribution in [3.8, 4) is 0 Å². The van der Waals surface area contributed by atoms with Gasteiger partial charge in [-0.25, -0.2) is 10.2 Å². The highest BCUT2D eigenvalue weighted by Gasteiger charge is 2.50. The molecule has 0 aliphatic heterocycles. The molecule has 15 heavy (non-hydrogen) atoms. The van der Waals surface area contributed by atoms with E-state index in [0.29, 0.717) is 11.8 Å². The predicted molar refractivity (Wildman–Crippen MR) is 57.1 cm³/mol. The van der Waals surface area contributed by atoms with Gasteiger partial charge in [-0.05, 0) is 37.0 Å². The molecule has 0 aromatic carbocycles. The number of hydrogen-bond acceptors (Lipinski definition) is 2. The highest BCUT2D eigenvalue weighted by Crippen LogP contribution is 2.55. The normalized spacial score (nSPS) is 43.6. The van der Waals surface area contributed by atoms with Gasteiger partial charge in [-0.1, -0.05) is 12.2 Å². The van der Waals surface area contributed by atoms with Crippen molar-refractivity contribution in [2.45, 2.75) is 19.3 Å². The average Bonchev–Trinajstić information content (AvgIpc) is 2.86. The molecule has 0 aromatic rings. The van der Waals surface area contributed by atoms with E-state index in [-0.39, 0.29) is 0 Å². The van der Waals surface area contributed by atoms with Crippen molar-refractivity contribution >= 4 is 11.7 Å². The van der Waals surface area contributed by atoms with Crippen LogP contribution in [0.25, 0.3) is 0 Å². The van der Waals surface area contributed by atoms with Crippen molar-refractivity contribution in [2.24, 2.45) is 34.5 Å². The molecule has 2 bridgehead atoms. The third-order valence-electron chi connectivity index (χ3n) is 4.10. The van der Waals surface area contributed by atoms with Gasteiger partial charge in [0.05, 0.1) is 0 Å². The van der Waals surface area contributed by atoms with Crippen molar-refractivity contribution in [3.05, 3.63) is 12.2 Å². The van der Waals surface area contributed by atoms with Gasteiger partial charge in [0.1, 0.15) is 0 Å². The monoisotopic (exact) mass is 205 g/mol. The maximum Gasteiger partial charge on any atom is 0.332 e. The minimum atomic E-state index is -0.566. The fourth-order valence-electron chi connectivity index (χ4n) is 3.56. The zero-order valence-corrected chi connectivity index (χ0v) is 8.52. The first-order valence-corrected chi connectivity index (χ1v) is 5.54. The number of carbonyl (C=O) groups is 1. The quantitative estimate of drug-likeness (QED) is 0.491. The number of nitrogens with one attached hydrogen (secondary N) is 1. The Labute approximate surface area is 88.6 Å². The lowest BCUT2D eigenvalue weighted by molar-refractivity contribution is 0.249. The second-order valence-corrected chi connectivity index (χ2v) is 4.79. The number of amides is 2. The minimum Gasteiger partial charge on any atom is -0.350 e. The molecule has 2 saturated carbocycles. The molecule has 0 radical (unpaired) electrons. The highest BCUT2D eigenvalue weighted by molar-refractivity contribution is 5.91. The summed E-state index contributed by atoms with van der Waals surface area (Å²) in [5.74, 6) is 2.87. The molecule has 0 heterocycles. The molecular formula is C11H15N3O. The number of fused-ring (bicyclic) bond motifs is 5. The van der Waals surface area contributed by atoms with Gasteiger partial charge in [0.15, 0.2) is 0 Å². The molecule has 2 fully saturated rings. The topological polar surface area (TPSA) is 67.5 Å². The van der Waals surface area contributed by atoms with Crippen molar-refractivity contribution in [1.29, 1.82) is 0 Å². The summed E-state index contributed by atoms with van der Waals surface area (Å²) < 4.78 is 0. The molecule has 80 valence electrons. The standard InChI is InChI=1S/C11H15N3O/c12-11(15)14-13-10-5-6-4-9(10)8-3-1-2-7(6)8/h1,3,6-9H,2,4-5H2,(H3,12,14,15)/b13-10+. The first-order valence-electron chi connectivity index (χ1n) is 5.54. The van der Waals surface area contributed by atoms with E-state index in [1.165, 1.54) is 12.8 Å². The summed E-state index contributed by atoms with van der Waals surface area (Å²) in [4.78, 5) is 10.6. The fourth-order valence-corrected chi connectivity index (χ4v) is 3.56. The van der Waals surface area contributed by atoms with Crippen LogP contribution in [0.3, 0.4) is 0 Å². The maximum atomic E-state index is 10.6. The Hall–Kier alpha value is -1.32. The van der Waals surface area contributed by atoms with Gasteiger partial charge in [-0.3, -0.25) is 0 Å². The second-order valence-electron chi connectivity index (χ2n) is 4.79. The molecule has 4 unspecified atom stereocenters. The molecule has 4 atom stereocenters. The van der Waals surface area contributed by atoms with Crippen LogP contribution in [0.4, 0.5) is 4.79 Å². The van der Waals surface area contributed by atoms with E-state index in [1.54, 1.807) is 0 Å². The molecule has 0 spiro atoms. The van der Waals surface area contributed by atoms with Crippen molar-refractivity contribution in [3.63, 3.8) is 0 Å². The number of allylic oxidation sites excluding steroid dienone is 2. The van der Waals surface area contributed by atoms with E-state index in [4.69, 9.17) is 5.73 Å². The smallest absolute Gasteiger partial charge is 0.332 e. The Bertz CT molecular complexity index is 361. The molecule has 2 amide bonds. The number of urea groups is 1. The Kier molecular flexibility index (Phi) is 1.84. The van der Waals surface area contributed by atoms with Crippen molar-refractivity contribution in [2.75, 3.05) is 0 Å². The average molecular weight is 205 g/mol. The lowest BCUT2D eigenvalue weighted by Gasteiger charge is -2.25. The zero-order chi connectivity index (χ0) is 10.4. The Morgan fingerprint density at radius 1 is 1.60 bits per heavy atom. The second kappa shape index (κ2) is 3.08. The lowest BCUT2D eigenvalue weighted by Crippen LogP contribution is -2.30. The van der Waals surface area contributed by atoms with E-state index in [1.807, 2.05) is 0 Å².